The van der Waals surface area contributed by atoms with Crippen LogP contribution in [0.4, 0.5) is 5.69 Å². The number of aryl methyl sites for hydroxylation is 1. The van der Waals surface area contributed by atoms with E-state index in [9.17, 15) is 13.2 Å². The van der Waals surface area contributed by atoms with Crippen molar-refractivity contribution in [3.63, 3.8) is 0 Å². The van der Waals surface area contributed by atoms with E-state index in [1.807, 2.05) is 36.0 Å². The molecule has 0 bridgehead atoms. The first-order chi connectivity index (χ1) is 14.2. The van der Waals surface area contributed by atoms with E-state index < -0.39 is 10.0 Å². The Hall–Kier alpha value is -2.62. The summed E-state index contributed by atoms with van der Waals surface area (Å²) in [5, 5.41) is 3.68. The second-order valence-electron chi connectivity index (χ2n) is 7.02. The maximum atomic E-state index is 12.9. The normalized spacial score (nSPS) is 11.8. The molecule has 0 saturated carbocycles. The second kappa shape index (κ2) is 9.03. The molecule has 1 aromatic heterocycles. The maximum absolute atomic E-state index is 12.9. The number of imidazole rings is 1. The summed E-state index contributed by atoms with van der Waals surface area (Å²) in [5.41, 5.74) is 0.896. The first-order valence-electron chi connectivity index (χ1n) is 9.34. The minimum atomic E-state index is -3.68. The fourth-order valence-corrected chi connectivity index (χ4v) is 4.95. The molecule has 30 heavy (non-hydrogen) atoms. The molecule has 7 nitrogen and oxygen atoms in total. The monoisotopic (exact) mass is 444 g/mol. The van der Waals surface area contributed by atoms with Crippen molar-refractivity contribution >= 4 is 33.4 Å². The Morgan fingerprint density at radius 3 is 2.57 bits per heavy atom. The summed E-state index contributed by atoms with van der Waals surface area (Å²) in [6.45, 7) is 3.59. The van der Waals surface area contributed by atoms with Gasteiger partial charge in [0, 0.05) is 43.0 Å². The van der Waals surface area contributed by atoms with Crippen LogP contribution < -0.4 is 5.32 Å². The van der Waals surface area contributed by atoms with Crippen LogP contribution in [0.1, 0.15) is 24.2 Å². The number of amides is 1. The number of carbonyl (C=O) groups is 1. The number of sulfonamides is 1. The molecule has 3 aromatic rings. The SMILES string of the molecule is CC(C)N(C)S(=O)(=O)c1cccc(C(=O)Nc2ccccc2Sc2nccn2C)c1. The lowest BCUT2D eigenvalue weighted by atomic mass is 10.2. The number of hydrogen-bond acceptors (Lipinski definition) is 5. The molecule has 0 atom stereocenters. The third-order valence-corrected chi connectivity index (χ3v) is 7.80. The van der Waals surface area contributed by atoms with Crippen molar-refractivity contribution < 1.29 is 13.2 Å². The van der Waals surface area contributed by atoms with Gasteiger partial charge in [-0.2, -0.15) is 4.31 Å². The van der Waals surface area contributed by atoms with Crippen molar-refractivity contribution in [3.8, 4) is 0 Å². The van der Waals surface area contributed by atoms with Crippen LogP contribution >= 0.6 is 11.8 Å². The van der Waals surface area contributed by atoms with E-state index in [4.69, 9.17) is 0 Å². The number of anilines is 1. The summed E-state index contributed by atoms with van der Waals surface area (Å²) in [6, 6.07) is 13.3. The third-order valence-electron chi connectivity index (χ3n) is 4.61. The molecule has 1 N–H and O–H groups in total. The molecule has 0 fully saturated rings. The number of benzene rings is 2. The first-order valence-corrected chi connectivity index (χ1v) is 11.6. The van der Waals surface area contributed by atoms with Crippen LogP contribution in [0.3, 0.4) is 0 Å². The van der Waals surface area contributed by atoms with Gasteiger partial charge < -0.3 is 9.88 Å². The van der Waals surface area contributed by atoms with Gasteiger partial charge in [-0.3, -0.25) is 4.79 Å². The molecule has 9 heteroatoms. The number of nitrogens with zero attached hydrogens (tertiary/aromatic N) is 3. The van der Waals surface area contributed by atoms with Crippen molar-refractivity contribution in [3.05, 3.63) is 66.5 Å². The van der Waals surface area contributed by atoms with Crippen LogP contribution in [0, 0.1) is 0 Å². The zero-order valence-corrected chi connectivity index (χ0v) is 18.9. The molecule has 1 heterocycles. The molecule has 1 amide bonds. The fourth-order valence-electron chi connectivity index (χ4n) is 2.64. The number of rotatable bonds is 7. The number of aromatic nitrogens is 2. The van der Waals surface area contributed by atoms with Crippen LogP contribution in [0.15, 0.2) is 75.9 Å². The van der Waals surface area contributed by atoms with E-state index in [1.54, 1.807) is 38.2 Å². The smallest absolute Gasteiger partial charge is 0.255 e. The molecule has 0 unspecified atom stereocenters. The minimum Gasteiger partial charge on any atom is -0.329 e. The lowest BCUT2D eigenvalue weighted by molar-refractivity contribution is 0.102. The highest BCUT2D eigenvalue weighted by Gasteiger charge is 2.24. The molecular formula is C21H24N4O3S2. The Morgan fingerprint density at radius 1 is 1.17 bits per heavy atom. The third kappa shape index (κ3) is 4.75. The lowest BCUT2D eigenvalue weighted by Gasteiger charge is -2.21. The molecule has 3 rings (SSSR count). The molecule has 0 radical (unpaired) electrons. The highest BCUT2D eigenvalue weighted by Crippen LogP contribution is 2.32. The van der Waals surface area contributed by atoms with Crippen LogP contribution in [-0.4, -0.2) is 41.3 Å². The quantitative estimate of drug-likeness (QED) is 0.598. The van der Waals surface area contributed by atoms with Crippen molar-refractivity contribution in [2.45, 2.75) is 34.8 Å². The maximum Gasteiger partial charge on any atom is 0.255 e. The lowest BCUT2D eigenvalue weighted by Crippen LogP contribution is -2.33. The first kappa shape index (κ1) is 22.1. The van der Waals surface area contributed by atoms with Crippen LogP contribution in [0.2, 0.25) is 0 Å². The topological polar surface area (TPSA) is 84.3 Å². The van der Waals surface area contributed by atoms with Crippen LogP contribution in [0.5, 0.6) is 0 Å². The van der Waals surface area contributed by atoms with Crippen molar-refractivity contribution in [2.24, 2.45) is 7.05 Å². The standard InChI is InChI=1S/C21H24N4O3S2/c1-15(2)25(4)30(27,28)17-9-7-8-16(14-17)20(26)23-18-10-5-6-11-19(18)29-21-22-12-13-24(21)3/h5-15H,1-4H3,(H,23,26). The molecule has 0 aliphatic heterocycles. The summed E-state index contributed by atoms with van der Waals surface area (Å²) in [5.74, 6) is -0.382. The minimum absolute atomic E-state index is 0.0852. The van der Waals surface area contributed by atoms with Gasteiger partial charge in [0.1, 0.15) is 0 Å². The average Bonchev–Trinajstić information content (AvgIpc) is 3.13. The predicted molar refractivity (Wildman–Crippen MR) is 118 cm³/mol. The molecule has 0 aliphatic rings. The Morgan fingerprint density at radius 2 is 1.90 bits per heavy atom. The number of nitrogens with one attached hydrogen (secondary N) is 1. The number of carbonyl (C=O) groups excluding carboxylic acids is 1. The van der Waals surface area contributed by atoms with Crippen molar-refractivity contribution in [1.29, 1.82) is 0 Å². The molecule has 0 aliphatic carbocycles. The van der Waals surface area contributed by atoms with E-state index in [2.05, 4.69) is 10.3 Å². The molecular weight excluding hydrogens is 420 g/mol. The largest absolute Gasteiger partial charge is 0.329 e. The summed E-state index contributed by atoms with van der Waals surface area (Å²) >= 11 is 1.43. The van der Waals surface area contributed by atoms with Gasteiger partial charge in [-0.1, -0.05) is 18.2 Å². The zero-order chi connectivity index (χ0) is 21.9. The van der Waals surface area contributed by atoms with E-state index >= 15 is 0 Å². The molecule has 2 aromatic carbocycles. The van der Waals surface area contributed by atoms with Gasteiger partial charge in [0.05, 0.1) is 10.6 Å². The van der Waals surface area contributed by atoms with E-state index in [1.165, 1.54) is 35.2 Å². The van der Waals surface area contributed by atoms with Crippen LogP contribution in [0.25, 0.3) is 0 Å². The summed E-state index contributed by atoms with van der Waals surface area (Å²) in [7, 11) is -0.251. The average molecular weight is 445 g/mol. The van der Waals surface area contributed by atoms with Gasteiger partial charge >= 0.3 is 0 Å². The van der Waals surface area contributed by atoms with Crippen LogP contribution in [-0.2, 0) is 17.1 Å². The van der Waals surface area contributed by atoms with Gasteiger partial charge in [-0.15, -0.1) is 0 Å². The summed E-state index contributed by atoms with van der Waals surface area (Å²) < 4.78 is 28.7. The number of hydrogen-bond donors (Lipinski definition) is 1. The summed E-state index contributed by atoms with van der Waals surface area (Å²) in [6.07, 6.45) is 3.56. The number of para-hydroxylation sites is 1. The zero-order valence-electron chi connectivity index (χ0n) is 17.2. The van der Waals surface area contributed by atoms with Crippen molar-refractivity contribution in [2.75, 3.05) is 12.4 Å². The van der Waals surface area contributed by atoms with Crippen molar-refractivity contribution in [1.82, 2.24) is 13.9 Å². The second-order valence-corrected chi connectivity index (χ2v) is 10.0. The van der Waals surface area contributed by atoms with Gasteiger partial charge in [-0.05, 0) is 55.9 Å². The predicted octanol–water partition coefficient (Wildman–Crippen LogP) is 3.85. The van der Waals surface area contributed by atoms with Gasteiger partial charge in [0.2, 0.25) is 10.0 Å². The summed E-state index contributed by atoms with van der Waals surface area (Å²) in [4.78, 5) is 18.1. The highest BCUT2D eigenvalue weighted by atomic mass is 32.2. The van der Waals surface area contributed by atoms with E-state index in [0.29, 0.717) is 5.69 Å². The fraction of sp³-hybridized carbons (Fsp3) is 0.238. The van der Waals surface area contributed by atoms with Gasteiger partial charge in [-0.25, -0.2) is 13.4 Å². The van der Waals surface area contributed by atoms with Gasteiger partial charge in [0.25, 0.3) is 5.91 Å². The van der Waals surface area contributed by atoms with E-state index in [-0.39, 0.29) is 22.4 Å². The van der Waals surface area contributed by atoms with E-state index in [0.717, 1.165) is 10.1 Å². The molecule has 158 valence electrons. The Kier molecular flexibility index (Phi) is 6.64. The Balaban J connectivity index is 1.85. The van der Waals surface area contributed by atoms with Gasteiger partial charge in [0.15, 0.2) is 5.16 Å². The molecule has 0 saturated heterocycles. The molecule has 0 spiro atoms. The Bertz CT molecular complexity index is 1160. The Labute approximate surface area is 181 Å². The highest BCUT2D eigenvalue weighted by molar-refractivity contribution is 7.99.